The fourth-order valence-corrected chi connectivity index (χ4v) is 1.72. The monoisotopic (exact) mass is 244 g/mol. The first-order valence-corrected chi connectivity index (χ1v) is 6.08. The summed E-state index contributed by atoms with van der Waals surface area (Å²) in [5.41, 5.74) is 0.866. The molecule has 90 valence electrons. The maximum Gasteiger partial charge on any atom is 0.238 e. The van der Waals surface area contributed by atoms with Crippen LogP contribution in [0.25, 0.3) is 0 Å². The van der Waals surface area contributed by atoms with E-state index >= 15 is 0 Å². The smallest absolute Gasteiger partial charge is 0.238 e. The Hall–Kier alpha value is -0.760. The summed E-state index contributed by atoms with van der Waals surface area (Å²) < 4.78 is 18.7. The van der Waals surface area contributed by atoms with Crippen LogP contribution in [0.5, 0.6) is 5.75 Å². The molecular weight excluding hydrogens is 227 g/mol. The average molecular weight is 245 g/mol. The molecule has 1 rings (SSSR count). The van der Waals surface area contributed by atoms with E-state index in [0.717, 1.165) is 24.8 Å². The first kappa shape index (κ1) is 13.3. The summed E-state index contributed by atoms with van der Waals surface area (Å²) in [4.78, 5) is 0. The van der Waals surface area contributed by atoms with E-state index in [4.69, 9.17) is 16.3 Å². The summed E-state index contributed by atoms with van der Waals surface area (Å²) in [5, 5.41) is 0.645. The summed E-state index contributed by atoms with van der Waals surface area (Å²) in [6.07, 6.45) is 2.24. The maximum absolute atomic E-state index is 13.4. The van der Waals surface area contributed by atoms with Crippen LogP contribution in [0, 0.1) is 6.92 Å². The van der Waals surface area contributed by atoms with Gasteiger partial charge in [0, 0.05) is 11.4 Å². The molecule has 0 aliphatic heterocycles. The van der Waals surface area contributed by atoms with Crippen molar-refractivity contribution in [3.63, 3.8) is 0 Å². The first-order valence-electron chi connectivity index (χ1n) is 5.70. The van der Waals surface area contributed by atoms with Crippen molar-refractivity contribution >= 4 is 11.6 Å². The molecule has 1 atom stereocenters. The van der Waals surface area contributed by atoms with Gasteiger partial charge in [0.15, 0.2) is 0 Å². The van der Waals surface area contributed by atoms with Crippen LogP contribution in [0.3, 0.4) is 0 Å². The van der Waals surface area contributed by atoms with Gasteiger partial charge < -0.3 is 4.74 Å². The average Bonchev–Trinajstić information content (AvgIpc) is 2.23. The molecule has 0 aromatic heterocycles. The van der Waals surface area contributed by atoms with Crippen molar-refractivity contribution in [2.75, 3.05) is 0 Å². The first-order chi connectivity index (χ1) is 7.63. The van der Waals surface area contributed by atoms with Crippen LogP contribution in [-0.2, 0) is 0 Å². The van der Waals surface area contributed by atoms with Crippen LogP contribution in [0.15, 0.2) is 18.2 Å². The molecule has 0 fully saturated rings. The molecule has 1 aromatic rings. The van der Waals surface area contributed by atoms with Gasteiger partial charge in [-0.2, -0.15) is 0 Å². The Balaban J connectivity index is 2.46. The zero-order valence-corrected chi connectivity index (χ0v) is 10.6. The Labute approximate surface area is 102 Å². The summed E-state index contributed by atoms with van der Waals surface area (Å²) >= 11 is 5.81. The summed E-state index contributed by atoms with van der Waals surface area (Å²) in [7, 11) is 0. The number of unbranched alkanes of at least 4 members (excludes halogenated alkanes) is 2. The molecule has 1 unspecified atom stereocenters. The molecule has 0 radical (unpaired) electrons. The number of rotatable bonds is 6. The quantitative estimate of drug-likeness (QED) is 0.647. The van der Waals surface area contributed by atoms with Gasteiger partial charge in [-0.25, -0.2) is 4.39 Å². The van der Waals surface area contributed by atoms with Gasteiger partial charge in [-0.1, -0.05) is 31.4 Å². The Morgan fingerprint density at radius 1 is 1.38 bits per heavy atom. The molecule has 16 heavy (non-hydrogen) atoms. The van der Waals surface area contributed by atoms with Crippen LogP contribution >= 0.6 is 11.6 Å². The van der Waals surface area contributed by atoms with E-state index in [1.54, 1.807) is 18.2 Å². The van der Waals surface area contributed by atoms with Gasteiger partial charge in [0.05, 0.1) is 0 Å². The highest BCUT2D eigenvalue weighted by Gasteiger charge is 2.09. The fraction of sp³-hybridized carbons (Fsp3) is 0.538. The van der Waals surface area contributed by atoms with Gasteiger partial charge in [0.25, 0.3) is 0 Å². The van der Waals surface area contributed by atoms with E-state index < -0.39 is 6.36 Å². The Kier molecular flexibility index (Phi) is 5.61. The van der Waals surface area contributed by atoms with Gasteiger partial charge >= 0.3 is 0 Å². The SMILES string of the molecule is CCCCCC(F)Oc1ccc(Cl)cc1C. The van der Waals surface area contributed by atoms with Crippen LogP contribution < -0.4 is 4.74 Å². The minimum Gasteiger partial charge on any atom is -0.460 e. The lowest BCUT2D eigenvalue weighted by Gasteiger charge is -2.13. The molecule has 0 spiro atoms. The zero-order chi connectivity index (χ0) is 12.0. The van der Waals surface area contributed by atoms with E-state index in [-0.39, 0.29) is 0 Å². The maximum atomic E-state index is 13.4. The topological polar surface area (TPSA) is 9.23 Å². The van der Waals surface area contributed by atoms with Crippen molar-refractivity contribution in [2.45, 2.75) is 45.9 Å². The summed E-state index contributed by atoms with van der Waals surface area (Å²) in [6.45, 7) is 3.96. The number of alkyl halides is 1. The third-order valence-electron chi connectivity index (χ3n) is 2.43. The number of ether oxygens (including phenoxy) is 1. The fourth-order valence-electron chi connectivity index (χ4n) is 1.50. The zero-order valence-electron chi connectivity index (χ0n) is 9.80. The Morgan fingerprint density at radius 2 is 2.12 bits per heavy atom. The second-order valence-corrected chi connectivity index (χ2v) is 4.37. The molecule has 0 bridgehead atoms. The summed E-state index contributed by atoms with van der Waals surface area (Å²) in [6, 6.07) is 5.20. The minimum absolute atomic E-state index is 0.454. The molecule has 1 aromatic carbocycles. The van der Waals surface area contributed by atoms with Crippen LogP contribution in [0.1, 0.15) is 38.2 Å². The van der Waals surface area contributed by atoms with Crippen molar-refractivity contribution < 1.29 is 9.13 Å². The van der Waals surface area contributed by atoms with Gasteiger partial charge in [-0.05, 0) is 37.1 Å². The molecule has 0 saturated heterocycles. The van der Waals surface area contributed by atoms with Crippen molar-refractivity contribution in [3.05, 3.63) is 28.8 Å². The lowest BCUT2D eigenvalue weighted by atomic mass is 10.2. The van der Waals surface area contributed by atoms with Gasteiger partial charge in [-0.15, -0.1) is 0 Å². The Bertz CT molecular complexity index is 328. The Morgan fingerprint density at radius 3 is 2.75 bits per heavy atom. The molecule has 3 heteroatoms. The molecule has 0 N–H and O–H groups in total. The van der Waals surface area contributed by atoms with Crippen LogP contribution in [-0.4, -0.2) is 6.36 Å². The highest BCUT2D eigenvalue weighted by Crippen LogP contribution is 2.24. The minimum atomic E-state index is -1.22. The number of hydrogen-bond acceptors (Lipinski definition) is 1. The molecule has 1 nitrogen and oxygen atoms in total. The normalized spacial score (nSPS) is 12.5. The second kappa shape index (κ2) is 6.74. The lowest BCUT2D eigenvalue weighted by Crippen LogP contribution is -2.10. The lowest BCUT2D eigenvalue weighted by molar-refractivity contribution is 0.0563. The third-order valence-corrected chi connectivity index (χ3v) is 2.66. The number of benzene rings is 1. The van der Waals surface area contributed by atoms with Crippen LogP contribution in [0.2, 0.25) is 5.02 Å². The molecule has 0 amide bonds. The summed E-state index contributed by atoms with van der Waals surface area (Å²) in [5.74, 6) is 0.577. The molecular formula is C13H18ClFO. The van der Waals surface area contributed by atoms with E-state index in [2.05, 4.69) is 6.92 Å². The predicted molar refractivity (Wildman–Crippen MR) is 65.9 cm³/mol. The number of halogens is 2. The third kappa shape index (κ3) is 4.40. The standard InChI is InChI=1S/C13H18ClFO/c1-3-4-5-6-13(15)16-12-8-7-11(14)9-10(12)2/h7-9,13H,3-6H2,1-2H3. The van der Waals surface area contributed by atoms with Crippen molar-refractivity contribution in [1.82, 2.24) is 0 Å². The molecule has 0 aliphatic carbocycles. The van der Waals surface area contributed by atoms with Gasteiger partial charge in [0.2, 0.25) is 6.36 Å². The van der Waals surface area contributed by atoms with Crippen molar-refractivity contribution in [2.24, 2.45) is 0 Å². The predicted octanol–water partition coefficient (Wildman–Crippen LogP) is 4.90. The number of aryl methyl sites for hydroxylation is 1. The van der Waals surface area contributed by atoms with E-state index in [1.165, 1.54) is 0 Å². The highest BCUT2D eigenvalue weighted by atomic mass is 35.5. The second-order valence-electron chi connectivity index (χ2n) is 3.93. The van der Waals surface area contributed by atoms with E-state index in [9.17, 15) is 4.39 Å². The van der Waals surface area contributed by atoms with Gasteiger partial charge in [-0.3, -0.25) is 0 Å². The highest BCUT2D eigenvalue weighted by molar-refractivity contribution is 6.30. The van der Waals surface area contributed by atoms with Crippen molar-refractivity contribution in [1.29, 1.82) is 0 Å². The number of hydrogen-bond donors (Lipinski definition) is 0. The van der Waals surface area contributed by atoms with Gasteiger partial charge in [0.1, 0.15) is 5.75 Å². The van der Waals surface area contributed by atoms with Crippen molar-refractivity contribution in [3.8, 4) is 5.75 Å². The van der Waals surface area contributed by atoms with Crippen LogP contribution in [0.4, 0.5) is 4.39 Å². The molecule has 0 saturated carbocycles. The molecule has 0 aliphatic rings. The van der Waals surface area contributed by atoms with E-state index in [1.807, 2.05) is 6.92 Å². The largest absolute Gasteiger partial charge is 0.460 e. The molecule has 0 heterocycles. The van der Waals surface area contributed by atoms with E-state index in [0.29, 0.717) is 17.2 Å².